The average molecular weight is 580 g/mol. The van der Waals surface area contributed by atoms with Crippen molar-refractivity contribution in [2.75, 3.05) is 19.0 Å². The van der Waals surface area contributed by atoms with Crippen molar-refractivity contribution in [3.05, 3.63) is 87.2 Å². The fraction of sp³-hybridized carbons (Fsp3) is 0.179. The molecular formula is C28H27BrN4O3S. The van der Waals surface area contributed by atoms with Gasteiger partial charge in [-0.3, -0.25) is 4.79 Å². The predicted octanol–water partition coefficient (Wildman–Crippen LogP) is 7.19. The second-order valence-electron chi connectivity index (χ2n) is 8.18. The fourth-order valence-corrected chi connectivity index (χ4v) is 4.54. The van der Waals surface area contributed by atoms with E-state index in [-0.39, 0.29) is 5.91 Å². The molecule has 2 N–H and O–H groups in total. The second-order valence-corrected chi connectivity index (χ2v) is 9.89. The van der Waals surface area contributed by atoms with Gasteiger partial charge < -0.3 is 14.8 Å². The zero-order valence-corrected chi connectivity index (χ0v) is 23.2. The summed E-state index contributed by atoms with van der Waals surface area (Å²) in [4.78, 5) is 17.2. The first kappa shape index (κ1) is 26.4. The lowest BCUT2D eigenvalue weighted by molar-refractivity contribution is 0.0955. The molecule has 7 nitrogen and oxygen atoms in total. The Hall–Kier alpha value is -3.69. The number of nitrogens with zero attached hydrogens (tertiary/aromatic N) is 2. The van der Waals surface area contributed by atoms with E-state index in [2.05, 4.69) is 55.8 Å². The number of aromatic nitrogens is 1. The van der Waals surface area contributed by atoms with Crippen LogP contribution in [0.25, 0.3) is 11.3 Å². The highest BCUT2D eigenvalue weighted by Crippen LogP contribution is 2.33. The van der Waals surface area contributed by atoms with E-state index in [1.165, 1.54) is 16.9 Å². The van der Waals surface area contributed by atoms with E-state index in [4.69, 9.17) is 9.47 Å². The van der Waals surface area contributed by atoms with Gasteiger partial charge in [-0.2, -0.15) is 5.10 Å². The molecule has 4 aromatic rings. The Morgan fingerprint density at radius 2 is 1.86 bits per heavy atom. The highest BCUT2D eigenvalue weighted by atomic mass is 79.9. The third kappa shape index (κ3) is 6.96. The Balaban J connectivity index is 1.37. The molecule has 0 aliphatic rings. The molecule has 0 aliphatic carbocycles. The Bertz CT molecular complexity index is 1390. The van der Waals surface area contributed by atoms with Crippen molar-refractivity contribution in [3.63, 3.8) is 0 Å². The summed E-state index contributed by atoms with van der Waals surface area (Å²) in [6.07, 6.45) is 2.45. The normalized spacial score (nSPS) is 10.9. The zero-order valence-electron chi connectivity index (χ0n) is 20.7. The van der Waals surface area contributed by atoms with E-state index in [0.29, 0.717) is 23.7 Å². The minimum atomic E-state index is -0.311. The third-order valence-electron chi connectivity index (χ3n) is 5.36. The Morgan fingerprint density at radius 1 is 1.11 bits per heavy atom. The van der Waals surface area contributed by atoms with Crippen LogP contribution in [0.15, 0.2) is 75.6 Å². The monoisotopic (exact) mass is 578 g/mol. The van der Waals surface area contributed by atoms with Crippen LogP contribution in [-0.2, 0) is 0 Å². The van der Waals surface area contributed by atoms with E-state index in [0.717, 1.165) is 38.5 Å². The second kappa shape index (κ2) is 12.5. The number of carbonyl (C=O) groups is 1. The van der Waals surface area contributed by atoms with Crippen LogP contribution in [0.3, 0.4) is 0 Å². The molecule has 9 heteroatoms. The molecule has 0 fully saturated rings. The molecule has 0 bridgehead atoms. The van der Waals surface area contributed by atoms with E-state index < -0.39 is 0 Å². The largest absolute Gasteiger partial charge is 0.493 e. The summed E-state index contributed by atoms with van der Waals surface area (Å²) in [5.74, 6) is 0.934. The summed E-state index contributed by atoms with van der Waals surface area (Å²) < 4.78 is 11.9. The van der Waals surface area contributed by atoms with Gasteiger partial charge in [0.1, 0.15) is 0 Å². The van der Waals surface area contributed by atoms with Gasteiger partial charge in [0.05, 0.1) is 25.6 Å². The minimum Gasteiger partial charge on any atom is -0.493 e. The number of hydrazone groups is 1. The molecular weight excluding hydrogens is 552 g/mol. The molecule has 0 atom stereocenters. The van der Waals surface area contributed by atoms with Crippen molar-refractivity contribution >= 4 is 50.2 Å². The first-order chi connectivity index (χ1) is 18.0. The predicted molar refractivity (Wildman–Crippen MR) is 154 cm³/mol. The van der Waals surface area contributed by atoms with E-state index >= 15 is 0 Å². The maximum Gasteiger partial charge on any atom is 0.271 e. The number of methoxy groups -OCH3 is 1. The maximum absolute atomic E-state index is 12.6. The molecule has 0 spiro atoms. The molecule has 1 heterocycles. The van der Waals surface area contributed by atoms with Crippen molar-refractivity contribution in [1.82, 2.24) is 10.4 Å². The van der Waals surface area contributed by atoms with E-state index in [1.807, 2.05) is 42.6 Å². The molecule has 0 saturated heterocycles. The molecule has 37 heavy (non-hydrogen) atoms. The first-order valence-corrected chi connectivity index (χ1v) is 13.4. The van der Waals surface area contributed by atoms with Crippen LogP contribution in [0.1, 0.15) is 34.8 Å². The fourth-order valence-electron chi connectivity index (χ4n) is 3.38. The van der Waals surface area contributed by atoms with Crippen LogP contribution in [0, 0.1) is 6.92 Å². The van der Waals surface area contributed by atoms with Crippen LogP contribution >= 0.6 is 27.3 Å². The summed E-state index contributed by atoms with van der Waals surface area (Å²) in [5.41, 5.74) is 7.78. The lowest BCUT2D eigenvalue weighted by Crippen LogP contribution is -2.17. The number of hydrogen-bond acceptors (Lipinski definition) is 7. The number of amides is 1. The number of ether oxygens (including phenoxy) is 2. The zero-order chi connectivity index (χ0) is 26.2. The van der Waals surface area contributed by atoms with Crippen molar-refractivity contribution in [1.29, 1.82) is 0 Å². The number of halogens is 1. The first-order valence-electron chi connectivity index (χ1n) is 11.7. The molecule has 0 aliphatic heterocycles. The van der Waals surface area contributed by atoms with Crippen molar-refractivity contribution < 1.29 is 14.3 Å². The van der Waals surface area contributed by atoms with Gasteiger partial charge >= 0.3 is 0 Å². The van der Waals surface area contributed by atoms with Gasteiger partial charge in [0, 0.05) is 32.2 Å². The summed E-state index contributed by atoms with van der Waals surface area (Å²) in [7, 11) is 1.58. The Morgan fingerprint density at radius 3 is 2.57 bits per heavy atom. The lowest BCUT2D eigenvalue weighted by Gasteiger charge is -2.12. The van der Waals surface area contributed by atoms with Gasteiger partial charge in [-0.1, -0.05) is 36.8 Å². The van der Waals surface area contributed by atoms with Gasteiger partial charge in [0.15, 0.2) is 16.6 Å². The number of benzene rings is 3. The van der Waals surface area contributed by atoms with Crippen LogP contribution in [0.2, 0.25) is 0 Å². The Kier molecular flexibility index (Phi) is 8.92. The lowest BCUT2D eigenvalue weighted by atomic mass is 10.1. The SMILES string of the molecule is CCCOc1cc(Br)c(/C=N/NC(=O)c2ccc(-c3csc(Nc4ccc(C)cc4)n3)cc2)cc1OC. The molecule has 0 radical (unpaired) electrons. The molecule has 190 valence electrons. The maximum atomic E-state index is 12.6. The Labute approximate surface area is 228 Å². The highest BCUT2D eigenvalue weighted by molar-refractivity contribution is 9.10. The molecule has 1 aromatic heterocycles. The minimum absolute atomic E-state index is 0.311. The smallest absolute Gasteiger partial charge is 0.271 e. The number of thiazole rings is 1. The molecule has 0 saturated carbocycles. The summed E-state index contributed by atoms with van der Waals surface area (Å²) >= 11 is 5.05. The summed E-state index contributed by atoms with van der Waals surface area (Å²) in [6.45, 7) is 4.69. The van der Waals surface area contributed by atoms with E-state index in [9.17, 15) is 4.79 Å². The van der Waals surface area contributed by atoms with Gasteiger partial charge in [-0.05, 0) is 65.7 Å². The molecule has 3 aromatic carbocycles. The summed E-state index contributed by atoms with van der Waals surface area (Å²) in [5, 5.41) is 10.2. The number of nitrogens with one attached hydrogen (secondary N) is 2. The third-order valence-corrected chi connectivity index (χ3v) is 6.81. The number of rotatable bonds is 10. The molecule has 1 amide bonds. The van der Waals surface area contributed by atoms with Gasteiger partial charge in [-0.15, -0.1) is 11.3 Å². The molecule has 4 rings (SSSR count). The van der Waals surface area contributed by atoms with Crippen LogP contribution in [0.5, 0.6) is 11.5 Å². The van der Waals surface area contributed by atoms with Crippen molar-refractivity contribution in [2.45, 2.75) is 20.3 Å². The number of carbonyl (C=O) groups excluding carboxylic acids is 1. The van der Waals surface area contributed by atoms with Crippen LogP contribution in [0.4, 0.5) is 10.8 Å². The highest BCUT2D eigenvalue weighted by Gasteiger charge is 2.11. The number of hydrogen-bond donors (Lipinski definition) is 2. The van der Waals surface area contributed by atoms with Crippen LogP contribution in [-0.4, -0.2) is 30.8 Å². The topological polar surface area (TPSA) is 84.8 Å². The van der Waals surface area contributed by atoms with Gasteiger partial charge in [-0.25, -0.2) is 10.4 Å². The standard InChI is InChI=1S/C28H27BrN4O3S/c1-4-13-36-26-15-23(29)21(14-25(26)35-3)16-30-33-27(34)20-9-7-19(8-10-20)24-17-37-28(32-24)31-22-11-5-18(2)6-12-22/h5-12,14-17H,4,13H2,1-3H3,(H,31,32)(H,33,34)/b30-16+. The molecule has 0 unspecified atom stereocenters. The van der Waals surface area contributed by atoms with Crippen LogP contribution < -0.4 is 20.2 Å². The average Bonchev–Trinajstić information content (AvgIpc) is 3.38. The van der Waals surface area contributed by atoms with Gasteiger partial charge in [0.25, 0.3) is 5.91 Å². The number of anilines is 2. The number of aryl methyl sites for hydroxylation is 1. The van der Waals surface area contributed by atoms with E-state index in [1.54, 1.807) is 31.5 Å². The quantitative estimate of drug-likeness (QED) is 0.154. The van der Waals surface area contributed by atoms with Gasteiger partial charge in [0.2, 0.25) is 0 Å². The van der Waals surface area contributed by atoms with Crippen molar-refractivity contribution in [3.8, 4) is 22.8 Å². The van der Waals surface area contributed by atoms with Crippen molar-refractivity contribution in [2.24, 2.45) is 5.10 Å². The summed E-state index contributed by atoms with van der Waals surface area (Å²) in [6, 6.07) is 19.1.